The quantitative estimate of drug-likeness (QED) is 0.838. The zero-order chi connectivity index (χ0) is 13.3. The summed E-state index contributed by atoms with van der Waals surface area (Å²) in [6.07, 6.45) is 0. The van der Waals surface area contributed by atoms with Crippen LogP contribution in [0.25, 0.3) is 0 Å². The molecule has 4 nitrogen and oxygen atoms in total. The summed E-state index contributed by atoms with van der Waals surface area (Å²) in [5.41, 5.74) is 0.800. The van der Waals surface area contributed by atoms with Gasteiger partial charge in [0.1, 0.15) is 11.6 Å². The van der Waals surface area contributed by atoms with E-state index >= 15 is 0 Å². The molecule has 2 aromatic rings. The Morgan fingerprint density at radius 3 is 2.89 bits per heavy atom. The summed E-state index contributed by atoms with van der Waals surface area (Å²) >= 11 is 5.66. The van der Waals surface area contributed by atoms with Gasteiger partial charge in [-0.2, -0.15) is 10.4 Å². The van der Waals surface area contributed by atoms with Crippen molar-refractivity contribution in [2.45, 2.75) is 6.92 Å². The summed E-state index contributed by atoms with van der Waals surface area (Å²) in [4.78, 5) is 0. The topological polar surface area (TPSA) is 50.8 Å². The van der Waals surface area contributed by atoms with Gasteiger partial charge < -0.3 is 4.74 Å². The van der Waals surface area contributed by atoms with Crippen LogP contribution in [0.2, 0.25) is 5.02 Å². The van der Waals surface area contributed by atoms with Gasteiger partial charge in [0.2, 0.25) is 5.88 Å². The van der Waals surface area contributed by atoms with E-state index in [2.05, 4.69) is 5.10 Å². The Morgan fingerprint density at radius 2 is 2.22 bits per heavy atom. The van der Waals surface area contributed by atoms with Gasteiger partial charge in [-0.05, 0) is 19.1 Å². The van der Waals surface area contributed by atoms with E-state index in [1.165, 1.54) is 16.8 Å². The van der Waals surface area contributed by atoms with Crippen LogP contribution in [-0.4, -0.2) is 9.78 Å². The molecule has 0 atom stereocenters. The SMILES string of the molecule is Cc1nn(C)c(Oc2cccc(Cl)c2F)c1C#N. The molecule has 6 heteroatoms. The number of hydrogen-bond donors (Lipinski definition) is 0. The molecule has 0 unspecified atom stereocenters. The van der Waals surface area contributed by atoms with Crippen molar-refractivity contribution < 1.29 is 9.13 Å². The first-order valence-corrected chi connectivity index (χ1v) is 5.48. The van der Waals surface area contributed by atoms with Gasteiger partial charge in [0, 0.05) is 7.05 Å². The van der Waals surface area contributed by atoms with E-state index in [-0.39, 0.29) is 22.2 Å². The lowest BCUT2D eigenvalue weighted by Gasteiger charge is -2.07. The van der Waals surface area contributed by atoms with E-state index in [1.54, 1.807) is 20.0 Å². The zero-order valence-electron chi connectivity index (χ0n) is 9.74. The molecule has 1 aromatic carbocycles. The molecule has 0 aliphatic heterocycles. The molecule has 0 saturated heterocycles. The van der Waals surface area contributed by atoms with Crippen molar-refractivity contribution in [3.05, 3.63) is 40.3 Å². The van der Waals surface area contributed by atoms with Crippen LogP contribution in [0.3, 0.4) is 0 Å². The fraction of sp³-hybridized carbons (Fsp3) is 0.167. The van der Waals surface area contributed by atoms with Crippen molar-refractivity contribution in [3.63, 3.8) is 0 Å². The predicted molar refractivity (Wildman–Crippen MR) is 64.1 cm³/mol. The number of benzene rings is 1. The van der Waals surface area contributed by atoms with Crippen LogP contribution in [0, 0.1) is 24.1 Å². The van der Waals surface area contributed by atoms with Crippen LogP contribution >= 0.6 is 11.6 Å². The zero-order valence-corrected chi connectivity index (χ0v) is 10.5. The Kier molecular flexibility index (Phi) is 3.21. The Labute approximate surface area is 108 Å². The second-order valence-electron chi connectivity index (χ2n) is 3.65. The Hall–Kier alpha value is -2.06. The molecule has 0 aliphatic rings. The Balaban J connectivity index is 2.47. The number of hydrogen-bond acceptors (Lipinski definition) is 3. The molecule has 0 amide bonds. The molecule has 0 fully saturated rings. The predicted octanol–water partition coefficient (Wildman–Crippen LogP) is 3.19. The highest BCUT2D eigenvalue weighted by Crippen LogP contribution is 2.31. The van der Waals surface area contributed by atoms with Gasteiger partial charge in [-0.25, -0.2) is 9.07 Å². The van der Waals surface area contributed by atoms with Gasteiger partial charge in [0.25, 0.3) is 0 Å². The lowest BCUT2D eigenvalue weighted by Crippen LogP contribution is -1.97. The van der Waals surface area contributed by atoms with Gasteiger partial charge in [-0.3, -0.25) is 0 Å². The molecule has 0 saturated carbocycles. The van der Waals surface area contributed by atoms with Crippen molar-refractivity contribution in [2.24, 2.45) is 7.05 Å². The van der Waals surface area contributed by atoms with E-state index in [4.69, 9.17) is 21.6 Å². The van der Waals surface area contributed by atoms with Crippen LogP contribution in [0.15, 0.2) is 18.2 Å². The van der Waals surface area contributed by atoms with Crippen molar-refractivity contribution in [3.8, 4) is 17.7 Å². The third-order valence-electron chi connectivity index (χ3n) is 2.40. The van der Waals surface area contributed by atoms with Crippen LogP contribution in [0.1, 0.15) is 11.3 Å². The number of rotatable bonds is 2. The highest BCUT2D eigenvalue weighted by molar-refractivity contribution is 6.30. The first kappa shape index (κ1) is 12.4. The lowest BCUT2D eigenvalue weighted by molar-refractivity contribution is 0.403. The second-order valence-corrected chi connectivity index (χ2v) is 4.06. The van der Waals surface area contributed by atoms with Gasteiger partial charge in [0.15, 0.2) is 11.6 Å². The van der Waals surface area contributed by atoms with Crippen LogP contribution in [-0.2, 0) is 7.05 Å². The maximum Gasteiger partial charge on any atom is 0.236 e. The number of aryl methyl sites for hydroxylation is 2. The maximum absolute atomic E-state index is 13.7. The number of ether oxygens (including phenoxy) is 1. The highest BCUT2D eigenvalue weighted by Gasteiger charge is 2.17. The number of nitriles is 1. The van der Waals surface area contributed by atoms with E-state index in [0.29, 0.717) is 5.69 Å². The number of aromatic nitrogens is 2. The molecule has 0 bridgehead atoms. The first-order chi connectivity index (χ1) is 8.54. The molecule has 18 heavy (non-hydrogen) atoms. The normalized spacial score (nSPS) is 10.2. The van der Waals surface area contributed by atoms with Gasteiger partial charge in [-0.15, -0.1) is 0 Å². The summed E-state index contributed by atoms with van der Waals surface area (Å²) < 4.78 is 20.5. The van der Waals surface area contributed by atoms with E-state index < -0.39 is 5.82 Å². The third-order valence-corrected chi connectivity index (χ3v) is 2.70. The molecule has 1 heterocycles. The van der Waals surface area contributed by atoms with Gasteiger partial charge in [-0.1, -0.05) is 17.7 Å². The molecular formula is C12H9ClFN3O. The van der Waals surface area contributed by atoms with Gasteiger partial charge >= 0.3 is 0 Å². The van der Waals surface area contributed by atoms with Crippen molar-refractivity contribution in [2.75, 3.05) is 0 Å². The summed E-state index contributed by atoms with van der Waals surface area (Å²) in [6.45, 7) is 1.68. The third kappa shape index (κ3) is 2.03. The smallest absolute Gasteiger partial charge is 0.236 e. The molecule has 0 aliphatic carbocycles. The molecule has 1 aromatic heterocycles. The Morgan fingerprint density at radius 1 is 1.50 bits per heavy atom. The van der Waals surface area contributed by atoms with E-state index in [9.17, 15) is 4.39 Å². The number of nitrogens with zero attached hydrogens (tertiary/aromatic N) is 3. The number of halogens is 2. The van der Waals surface area contributed by atoms with E-state index in [0.717, 1.165) is 0 Å². The van der Waals surface area contributed by atoms with Crippen LogP contribution in [0.4, 0.5) is 4.39 Å². The fourth-order valence-electron chi connectivity index (χ4n) is 1.55. The van der Waals surface area contributed by atoms with Crippen molar-refractivity contribution in [1.82, 2.24) is 9.78 Å². The summed E-state index contributed by atoms with van der Waals surface area (Å²) in [5.74, 6) is -0.514. The lowest BCUT2D eigenvalue weighted by atomic mass is 10.3. The minimum atomic E-state index is -0.665. The molecular weight excluding hydrogens is 257 g/mol. The molecule has 92 valence electrons. The molecule has 0 N–H and O–H groups in total. The molecule has 0 spiro atoms. The summed E-state index contributed by atoms with van der Waals surface area (Å²) in [5, 5.41) is 13.0. The highest BCUT2D eigenvalue weighted by atomic mass is 35.5. The minimum Gasteiger partial charge on any atom is -0.435 e. The average molecular weight is 266 g/mol. The van der Waals surface area contributed by atoms with Gasteiger partial charge in [0.05, 0.1) is 10.7 Å². The first-order valence-electron chi connectivity index (χ1n) is 5.10. The van der Waals surface area contributed by atoms with Crippen molar-refractivity contribution >= 4 is 11.6 Å². The Bertz CT molecular complexity index is 646. The monoisotopic (exact) mass is 265 g/mol. The largest absolute Gasteiger partial charge is 0.435 e. The standard InChI is InChI=1S/C12H9ClFN3O/c1-7-8(6-15)12(17(2)16-7)18-10-5-3-4-9(13)11(10)14/h3-5H,1-2H3. The molecule has 0 radical (unpaired) electrons. The molecule has 2 rings (SSSR count). The van der Waals surface area contributed by atoms with Crippen LogP contribution < -0.4 is 4.74 Å². The van der Waals surface area contributed by atoms with E-state index in [1.807, 2.05) is 6.07 Å². The second kappa shape index (κ2) is 4.67. The maximum atomic E-state index is 13.7. The minimum absolute atomic E-state index is 0.0371. The fourth-order valence-corrected chi connectivity index (χ4v) is 1.72. The van der Waals surface area contributed by atoms with Crippen LogP contribution in [0.5, 0.6) is 11.6 Å². The average Bonchev–Trinajstić information content (AvgIpc) is 2.59. The summed E-state index contributed by atoms with van der Waals surface area (Å²) in [7, 11) is 1.62. The van der Waals surface area contributed by atoms with Crippen molar-refractivity contribution in [1.29, 1.82) is 5.26 Å². The summed E-state index contributed by atoms with van der Waals surface area (Å²) in [6, 6.07) is 6.40.